The molecule has 27 heavy (non-hydrogen) atoms. The molecule has 7 heteroatoms. The molecule has 144 valence electrons. The number of anilines is 1. The van der Waals surface area contributed by atoms with Gasteiger partial charge in [-0.2, -0.15) is 0 Å². The van der Waals surface area contributed by atoms with Crippen LogP contribution in [0.15, 0.2) is 36.4 Å². The summed E-state index contributed by atoms with van der Waals surface area (Å²) in [7, 11) is 0. The van der Waals surface area contributed by atoms with E-state index in [1.165, 1.54) is 0 Å². The maximum atomic E-state index is 13.0. The molecule has 0 spiro atoms. The summed E-state index contributed by atoms with van der Waals surface area (Å²) in [5.74, 6) is -1.65. The van der Waals surface area contributed by atoms with Gasteiger partial charge in [0, 0.05) is 26.2 Å². The van der Waals surface area contributed by atoms with Gasteiger partial charge < -0.3 is 24.4 Å². The lowest BCUT2D eigenvalue weighted by molar-refractivity contribution is -0.149. The fraction of sp³-hybridized carbons (Fsp3) is 0.500. The van der Waals surface area contributed by atoms with Crippen LogP contribution in [0.5, 0.6) is 5.75 Å². The third-order valence-electron chi connectivity index (χ3n) is 5.57. The number of rotatable bonds is 5. The quantitative estimate of drug-likeness (QED) is 0.787. The van der Waals surface area contributed by atoms with Gasteiger partial charge in [-0.1, -0.05) is 24.3 Å². The topological polar surface area (TPSA) is 79.3 Å². The van der Waals surface area contributed by atoms with Crippen molar-refractivity contribution in [3.63, 3.8) is 0 Å². The second-order valence-corrected chi connectivity index (χ2v) is 7.05. The molecule has 2 saturated heterocycles. The first kappa shape index (κ1) is 17.9. The highest BCUT2D eigenvalue weighted by molar-refractivity contribution is 5.87. The predicted octanol–water partition coefficient (Wildman–Crippen LogP) is 1.39. The molecule has 0 unspecified atom stereocenters. The normalized spacial score (nSPS) is 29.2. The van der Waals surface area contributed by atoms with E-state index in [0.717, 1.165) is 11.4 Å². The van der Waals surface area contributed by atoms with Crippen LogP contribution in [0.1, 0.15) is 6.92 Å². The molecular formula is C20H24N2O5. The van der Waals surface area contributed by atoms with Crippen molar-refractivity contribution < 1.29 is 24.2 Å². The first-order valence-electron chi connectivity index (χ1n) is 9.42. The Morgan fingerprint density at radius 1 is 1.11 bits per heavy atom. The lowest BCUT2D eigenvalue weighted by atomic mass is 9.82. The van der Waals surface area contributed by atoms with Crippen LogP contribution < -0.4 is 9.64 Å². The summed E-state index contributed by atoms with van der Waals surface area (Å²) in [5, 5.41) is 9.52. The number of carboxylic acid groups (broad SMARTS) is 1. The number of piperazine rings is 1. The number of carbonyl (C=O) groups excluding carboxylic acids is 1. The van der Waals surface area contributed by atoms with E-state index in [1.54, 1.807) is 11.0 Å². The summed E-state index contributed by atoms with van der Waals surface area (Å²) in [6, 6.07) is 7.90. The van der Waals surface area contributed by atoms with Gasteiger partial charge in [0.2, 0.25) is 5.91 Å². The Balaban J connectivity index is 1.43. The molecular weight excluding hydrogens is 348 g/mol. The predicted molar refractivity (Wildman–Crippen MR) is 98.8 cm³/mol. The molecule has 4 rings (SSSR count). The average molecular weight is 372 g/mol. The number of carbonyl (C=O) groups is 2. The molecule has 2 bridgehead atoms. The first-order valence-corrected chi connectivity index (χ1v) is 9.42. The van der Waals surface area contributed by atoms with Gasteiger partial charge in [-0.15, -0.1) is 0 Å². The fourth-order valence-corrected chi connectivity index (χ4v) is 4.27. The molecule has 7 nitrogen and oxygen atoms in total. The molecule has 0 radical (unpaired) electrons. The van der Waals surface area contributed by atoms with Crippen LogP contribution in [0.2, 0.25) is 0 Å². The molecule has 0 aromatic heterocycles. The van der Waals surface area contributed by atoms with Crippen molar-refractivity contribution in [3.8, 4) is 5.75 Å². The number of carboxylic acids is 1. The lowest BCUT2D eigenvalue weighted by Crippen LogP contribution is -2.53. The van der Waals surface area contributed by atoms with E-state index in [-0.39, 0.29) is 5.91 Å². The van der Waals surface area contributed by atoms with Crippen molar-refractivity contribution in [3.05, 3.63) is 36.4 Å². The molecule has 3 aliphatic rings. The van der Waals surface area contributed by atoms with E-state index in [1.807, 2.05) is 37.3 Å². The Morgan fingerprint density at radius 2 is 1.78 bits per heavy atom. The SMILES string of the molecule is CCOc1ccccc1N1CCN(C(=O)[C@@H]2[C@@H](C(=O)O)[C@@H]3C=C[C@@H]2O3)CC1. The summed E-state index contributed by atoms with van der Waals surface area (Å²) in [6.07, 6.45) is 2.68. The third kappa shape index (κ3) is 3.16. The minimum absolute atomic E-state index is 0.114. The molecule has 3 aliphatic heterocycles. The minimum Gasteiger partial charge on any atom is -0.492 e. The Kier molecular flexibility index (Phi) is 4.78. The number of fused-ring (bicyclic) bond motifs is 2. The molecule has 1 aromatic rings. The van der Waals surface area contributed by atoms with Crippen LogP contribution in [-0.2, 0) is 14.3 Å². The fourth-order valence-electron chi connectivity index (χ4n) is 4.27. The highest BCUT2D eigenvalue weighted by Gasteiger charge is 2.54. The van der Waals surface area contributed by atoms with Gasteiger partial charge in [-0.05, 0) is 19.1 Å². The summed E-state index contributed by atoms with van der Waals surface area (Å²) >= 11 is 0. The van der Waals surface area contributed by atoms with E-state index in [2.05, 4.69) is 4.90 Å². The van der Waals surface area contributed by atoms with E-state index in [0.29, 0.717) is 32.8 Å². The maximum Gasteiger partial charge on any atom is 0.310 e. The first-order chi connectivity index (χ1) is 13.1. The number of benzene rings is 1. The Hall–Kier alpha value is -2.54. The van der Waals surface area contributed by atoms with E-state index >= 15 is 0 Å². The van der Waals surface area contributed by atoms with Crippen LogP contribution in [0.4, 0.5) is 5.69 Å². The zero-order valence-electron chi connectivity index (χ0n) is 15.3. The summed E-state index contributed by atoms with van der Waals surface area (Å²) in [5.41, 5.74) is 1.03. The second-order valence-electron chi connectivity index (χ2n) is 7.05. The monoisotopic (exact) mass is 372 g/mol. The Labute approximate surface area is 158 Å². The van der Waals surface area contributed by atoms with Crippen molar-refractivity contribution in [2.75, 3.05) is 37.7 Å². The van der Waals surface area contributed by atoms with Gasteiger partial charge in [0.1, 0.15) is 11.7 Å². The van der Waals surface area contributed by atoms with Crippen molar-refractivity contribution in [1.82, 2.24) is 4.90 Å². The van der Waals surface area contributed by atoms with E-state index in [4.69, 9.17) is 9.47 Å². The number of amides is 1. The number of para-hydroxylation sites is 2. The highest BCUT2D eigenvalue weighted by atomic mass is 16.5. The maximum absolute atomic E-state index is 13.0. The van der Waals surface area contributed by atoms with Gasteiger partial charge in [0.25, 0.3) is 0 Å². The smallest absolute Gasteiger partial charge is 0.310 e. The number of hydrogen-bond donors (Lipinski definition) is 1. The van der Waals surface area contributed by atoms with Crippen molar-refractivity contribution >= 4 is 17.6 Å². The second kappa shape index (κ2) is 7.23. The van der Waals surface area contributed by atoms with Crippen molar-refractivity contribution in [2.24, 2.45) is 11.8 Å². The molecule has 0 saturated carbocycles. The van der Waals surface area contributed by atoms with Crippen LogP contribution in [0.3, 0.4) is 0 Å². The van der Waals surface area contributed by atoms with Crippen LogP contribution in [0, 0.1) is 11.8 Å². The lowest BCUT2D eigenvalue weighted by Gasteiger charge is -2.38. The molecule has 3 heterocycles. The molecule has 0 aliphatic carbocycles. The zero-order valence-corrected chi connectivity index (χ0v) is 15.3. The van der Waals surface area contributed by atoms with Gasteiger partial charge in [-0.3, -0.25) is 9.59 Å². The van der Waals surface area contributed by atoms with Crippen LogP contribution >= 0.6 is 0 Å². The molecule has 1 N–H and O–H groups in total. The van der Waals surface area contributed by atoms with E-state index in [9.17, 15) is 14.7 Å². The van der Waals surface area contributed by atoms with Gasteiger partial charge in [-0.25, -0.2) is 0 Å². The van der Waals surface area contributed by atoms with Gasteiger partial charge >= 0.3 is 5.97 Å². The summed E-state index contributed by atoms with van der Waals surface area (Å²) in [4.78, 5) is 28.6. The van der Waals surface area contributed by atoms with Crippen LogP contribution in [-0.4, -0.2) is 66.9 Å². The van der Waals surface area contributed by atoms with E-state index < -0.39 is 30.0 Å². The highest BCUT2D eigenvalue weighted by Crippen LogP contribution is 2.40. The zero-order chi connectivity index (χ0) is 19.0. The Bertz CT molecular complexity index is 756. The van der Waals surface area contributed by atoms with Gasteiger partial charge in [0.15, 0.2) is 0 Å². The number of ether oxygens (including phenoxy) is 2. The number of aliphatic carboxylic acids is 1. The molecule has 2 fully saturated rings. The summed E-state index contributed by atoms with van der Waals surface area (Å²) < 4.78 is 11.3. The summed E-state index contributed by atoms with van der Waals surface area (Å²) in [6.45, 7) is 5.05. The Morgan fingerprint density at radius 3 is 2.44 bits per heavy atom. The number of hydrogen-bond acceptors (Lipinski definition) is 5. The average Bonchev–Trinajstić information content (AvgIpc) is 3.30. The molecule has 1 aromatic carbocycles. The molecule has 4 atom stereocenters. The standard InChI is InChI=1S/C20H24N2O5/c1-2-26-14-6-4-3-5-13(14)21-9-11-22(12-10-21)19(23)17-15-7-8-16(27-15)18(17)20(24)25/h3-8,15-18H,2,9-12H2,1H3,(H,24,25)/t15-,16-,17-,18-/m0/s1. The minimum atomic E-state index is -0.963. The van der Waals surface area contributed by atoms with Crippen molar-refractivity contribution in [2.45, 2.75) is 19.1 Å². The third-order valence-corrected chi connectivity index (χ3v) is 5.57. The van der Waals surface area contributed by atoms with Gasteiger partial charge in [0.05, 0.1) is 30.4 Å². The largest absolute Gasteiger partial charge is 0.492 e. The van der Waals surface area contributed by atoms with Crippen LogP contribution in [0.25, 0.3) is 0 Å². The molecule has 1 amide bonds. The van der Waals surface area contributed by atoms with Crippen molar-refractivity contribution in [1.29, 1.82) is 0 Å². The number of nitrogens with zero attached hydrogens (tertiary/aromatic N) is 2.